The second kappa shape index (κ2) is 6.75. The molecule has 4 rings (SSSR count). The van der Waals surface area contributed by atoms with E-state index < -0.39 is 17.5 Å². The van der Waals surface area contributed by atoms with E-state index in [4.69, 9.17) is 0 Å². The van der Waals surface area contributed by atoms with Gasteiger partial charge in [0.2, 0.25) is 5.91 Å². The number of aryl methyl sites for hydroxylation is 1. The maximum atomic E-state index is 12.9. The Kier molecular flexibility index (Phi) is 4.48. The minimum atomic E-state index is -4.54. The molecule has 1 amide bonds. The molecule has 1 fully saturated rings. The van der Waals surface area contributed by atoms with Gasteiger partial charge in [0.05, 0.1) is 11.3 Å². The number of fused-ring (bicyclic) bond motifs is 1. The van der Waals surface area contributed by atoms with Gasteiger partial charge in [0.15, 0.2) is 5.65 Å². The van der Waals surface area contributed by atoms with Crippen molar-refractivity contribution in [3.05, 3.63) is 41.6 Å². The number of pyridine rings is 1. The fraction of sp³-hybridized carbons (Fsp3) is 0.350. The fourth-order valence-corrected chi connectivity index (χ4v) is 3.79. The number of hydrogen-bond donors (Lipinski definition) is 1. The highest BCUT2D eigenvalue weighted by atomic mass is 19.4. The number of carbonyl (C=O) groups is 1. The van der Waals surface area contributed by atoms with Crippen LogP contribution in [0.1, 0.15) is 17.5 Å². The molecule has 3 heterocycles. The lowest BCUT2D eigenvalue weighted by molar-refractivity contribution is -0.137. The van der Waals surface area contributed by atoms with Crippen molar-refractivity contribution in [2.24, 2.45) is 5.92 Å². The van der Waals surface area contributed by atoms with Crippen molar-refractivity contribution in [2.45, 2.75) is 26.1 Å². The molecule has 1 atom stereocenters. The highest BCUT2D eigenvalue weighted by Gasteiger charge is 2.32. The molecule has 1 saturated heterocycles. The van der Waals surface area contributed by atoms with Crippen LogP contribution in [-0.2, 0) is 17.5 Å². The third kappa shape index (κ3) is 3.64. The molecule has 0 saturated carbocycles. The topological polar surface area (TPSA) is 71.2 Å². The Balaban J connectivity index is 1.65. The van der Waals surface area contributed by atoms with Crippen LogP contribution in [0.5, 0.6) is 5.75 Å². The molecule has 9 heteroatoms. The molecule has 2 aromatic heterocycles. The first-order chi connectivity index (χ1) is 13.6. The van der Waals surface area contributed by atoms with E-state index in [1.165, 1.54) is 6.92 Å². The van der Waals surface area contributed by atoms with E-state index in [9.17, 15) is 23.1 Å². The van der Waals surface area contributed by atoms with Gasteiger partial charge in [-0.15, -0.1) is 0 Å². The van der Waals surface area contributed by atoms with Crippen molar-refractivity contribution in [2.75, 3.05) is 13.6 Å². The van der Waals surface area contributed by atoms with Gasteiger partial charge in [-0.2, -0.15) is 18.3 Å². The van der Waals surface area contributed by atoms with Crippen LogP contribution in [0, 0.1) is 12.8 Å². The predicted molar refractivity (Wildman–Crippen MR) is 100 cm³/mol. The number of aromatic nitrogens is 3. The molecule has 6 nitrogen and oxygen atoms in total. The maximum Gasteiger partial charge on any atom is 0.416 e. The number of amides is 1. The third-order valence-corrected chi connectivity index (χ3v) is 5.18. The van der Waals surface area contributed by atoms with Crippen LogP contribution >= 0.6 is 0 Å². The molecule has 0 radical (unpaired) electrons. The van der Waals surface area contributed by atoms with Crippen LogP contribution in [-0.4, -0.2) is 44.3 Å². The van der Waals surface area contributed by atoms with E-state index in [0.29, 0.717) is 36.9 Å². The molecule has 0 unspecified atom stereocenters. The first-order valence-electron chi connectivity index (χ1n) is 9.11. The minimum Gasteiger partial charge on any atom is -0.507 e. The van der Waals surface area contributed by atoms with Crippen LogP contribution in [0.15, 0.2) is 30.5 Å². The molecular weight excluding hydrogens is 385 g/mol. The van der Waals surface area contributed by atoms with Crippen molar-refractivity contribution < 1.29 is 23.1 Å². The van der Waals surface area contributed by atoms with E-state index in [1.807, 2.05) is 6.20 Å². The van der Waals surface area contributed by atoms with E-state index in [-0.39, 0.29) is 23.0 Å². The molecule has 1 aliphatic rings. The number of alkyl halides is 3. The predicted octanol–water partition coefficient (Wildman–Crippen LogP) is 3.61. The Bertz CT molecular complexity index is 1080. The fourth-order valence-electron chi connectivity index (χ4n) is 3.79. The summed E-state index contributed by atoms with van der Waals surface area (Å²) in [4.78, 5) is 17.8. The standard InChI is InChI=1S/C20H19F3N4O2/c1-11-5-14(20(21,22)23)7-16(28)18(11)15-4-3-13-10-27(25-19(13)24-15)9-12-6-17(29)26(2)8-12/h3-5,7,10,12,28H,6,8-9H2,1-2H3/t12-/m1/s1. The first kappa shape index (κ1) is 19.2. The maximum absolute atomic E-state index is 12.9. The van der Waals surface area contributed by atoms with E-state index >= 15 is 0 Å². The second-order valence-corrected chi connectivity index (χ2v) is 7.49. The van der Waals surface area contributed by atoms with E-state index in [0.717, 1.165) is 11.5 Å². The Morgan fingerprint density at radius 1 is 1.28 bits per heavy atom. The van der Waals surface area contributed by atoms with Crippen molar-refractivity contribution in [3.63, 3.8) is 0 Å². The highest BCUT2D eigenvalue weighted by molar-refractivity contribution is 5.80. The number of carbonyl (C=O) groups excluding carboxylic acids is 1. The molecule has 0 spiro atoms. The summed E-state index contributed by atoms with van der Waals surface area (Å²) < 4.78 is 40.6. The van der Waals surface area contributed by atoms with Crippen LogP contribution < -0.4 is 0 Å². The molecule has 3 aromatic rings. The summed E-state index contributed by atoms with van der Waals surface area (Å²) in [5.41, 5.74) is 0.396. The summed E-state index contributed by atoms with van der Waals surface area (Å²) in [6, 6.07) is 5.12. The van der Waals surface area contributed by atoms with Gasteiger partial charge in [-0.25, -0.2) is 4.98 Å². The summed E-state index contributed by atoms with van der Waals surface area (Å²) in [5.74, 6) is -0.195. The van der Waals surface area contributed by atoms with Crippen LogP contribution in [0.25, 0.3) is 22.3 Å². The average Bonchev–Trinajstić information content (AvgIpc) is 3.15. The zero-order valence-corrected chi connectivity index (χ0v) is 15.9. The molecule has 1 aliphatic heterocycles. The third-order valence-electron chi connectivity index (χ3n) is 5.18. The summed E-state index contributed by atoms with van der Waals surface area (Å²) in [7, 11) is 1.77. The number of rotatable bonds is 3. The van der Waals surface area contributed by atoms with Gasteiger partial charge in [-0.3, -0.25) is 9.48 Å². The zero-order chi connectivity index (χ0) is 20.9. The van der Waals surface area contributed by atoms with Crippen LogP contribution in [0.3, 0.4) is 0 Å². The normalized spacial score (nSPS) is 17.5. The van der Waals surface area contributed by atoms with Gasteiger partial charge in [0.1, 0.15) is 5.75 Å². The number of nitrogens with zero attached hydrogens (tertiary/aromatic N) is 4. The Morgan fingerprint density at radius 3 is 2.66 bits per heavy atom. The zero-order valence-electron chi connectivity index (χ0n) is 15.9. The van der Waals surface area contributed by atoms with Gasteiger partial charge in [-0.05, 0) is 36.8 Å². The summed E-state index contributed by atoms with van der Waals surface area (Å²) in [6.45, 7) is 2.75. The summed E-state index contributed by atoms with van der Waals surface area (Å²) in [5, 5.41) is 15.4. The van der Waals surface area contributed by atoms with Gasteiger partial charge in [0, 0.05) is 49.6 Å². The largest absolute Gasteiger partial charge is 0.507 e. The second-order valence-electron chi connectivity index (χ2n) is 7.49. The lowest BCUT2D eigenvalue weighted by atomic mass is 10.00. The van der Waals surface area contributed by atoms with Gasteiger partial charge < -0.3 is 10.0 Å². The molecule has 0 bridgehead atoms. The van der Waals surface area contributed by atoms with Gasteiger partial charge >= 0.3 is 6.18 Å². The lowest BCUT2D eigenvalue weighted by Gasteiger charge is -2.13. The van der Waals surface area contributed by atoms with Gasteiger partial charge in [-0.1, -0.05) is 0 Å². The number of halogens is 3. The monoisotopic (exact) mass is 404 g/mol. The van der Waals surface area contributed by atoms with E-state index in [1.54, 1.807) is 28.8 Å². The lowest BCUT2D eigenvalue weighted by Crippen LogP contribution is -2.20. The van der Waals surface area contributed by atoms with Crippen molar-refractivity contribution in [1.82, 2.24) is 19.7 Å². The smallest absolute Gasteiger partial charge is 0.416 e. The van der Waals surface area contributed by atoms with Crippen LogP contribution in [0.2, 0.25) is 0 Å². The number of aromatic hydroxyl groups is 1. The Labute approximate surface area is 164 Å². The Morgan fingerprint density at radius 2 is 2.03 bits per heavy atom. The number of hydrogen-bond acceptors (Lipinski definition) is 4. The molecular formula is C20H19F3N4O2. The van der Waals surface area contributed by atoms with Crippen molar-refractivity contribution >= 4 is 16.9 Å². The molecule has 29 heavy (non-hydrogen) atoms. The molecule has 0 aliphatic carbocycles. The average molecular weight is 404 g/mol. The molecule has 152 valence electrons. The number of phenolic OH excluding ortho intramolecular Hbond substituents is 1. The van der Waals surface area contributed by atoms with E-state index in [2.05, 4.69) is 10.1 Å². The highest BCUT2D eigenvalue weighted by Crippen LogP contribution is 2.38. The quantitative estimate of drug-likeness (QED) is 0.724. The molecule has 1 aromatic carbocycles. The number of phenols is 1. The number of benzene rings is 1. The molecule has 1 N–H and O–H groups in total. The number of likely N-dealkylation sites (tertiary alicyclic amines) is 1. The summed E-state index contributed by atoms with van der Waals surface area (Å²) in [6.07, 6.45) is -2.23. The van der Waals surface area contributed by atoms with Gasteiger partial charge in [0.25, 0.3) is 0 Å². The minimum absolute atomic E-state index is 0.111. The SMILES string of the molecule is Cc1cc(C(F)(F)F)cc(O)c1-c1ccc2cn(C[C@@H]3CC(=O)N(C)C3)nc2n1. The van der Waals surface area contributed by atoms with Crippen LogP contribution in [0.4, 0.5) is 13.2 Å². The Hall–Kier alpha value is -3.10. The van der Waals surface area contributed by atoms with Crippen molar-refractivity contribution in [1.29, 1.82) is 0 Å². The van der Waals surface area contributed by atoms with Crippen molar-refractivity contribution in [3.8, 4) is 17.0 Å². The first-order valence-corrected chi connectivity index (χ1v) is 9.11. The summed E-state index contributed by atoms with van der Waals surface area (Å²) >= 11 is 0.